The first kappa shape index (κ1) is 17.2. The van der Waals surface area contributed by atoms with Crippen molar-refractivity contribution in [2.75, 3.05) is 11.9 Å². The third kappa shape index (κ3) is 4.68. The number of rotatable bonds is 5. The summed E-state index contributed by atoms with van der Waals surface area (Å²) in [5.41, 5.74) is 0.941. The molecule has 7 heteroatoms. The Balaban J connectivity index is 2.15. The second-order valence-corrected chi connectivity index (χ2v) is 5.61. The molecule has 0 saturated heterocycles. The van der Waals surface area contributed by atoms with Crippen LogP contribution in [-0.4, -0.2) is 23.3 Å². The maximum atomic E-state index is 12.3. The predicted molar refractivity (Wildman–Crippen MR) is 91.3 cm³/mol. The fourth-order valence-corrected chi connectivity index (χ4v) is 2.27. The molecule has 2 aromatic rings. The first-order valence-corrected chi connectivity index (χ1v) is 7.77. The summed E-state index contributed by atoms with van der Waals surface area (Å²) in [6.45, 7) is 2.50. The maximum Gasteiger partial charge on any atom is 0.269 e. The van der Waals surface area contributed by atoms with Gasteiger partial charge in [-0.2, -0.15) is 0 Å². The zero-order chi connectivity index (χ0) is 16.8. The van der Waals surface area contributed by atoms with Crippen LogP contribution < -0.4 is 10.6 Å². The zero-order valence-corrected chi connectivity index (χ0v) is 13.9. The van der Waals surface area contributed by atoms with E-state index in [0.29, 0.717) is 27.8 Å². The van der Waals surface area contributed by atoms with Gasteiger partial charge in [0.15, 0.2) is 0 Å². The Morgan fingerprint density at radius 2 is 1.91 bits per heavy atom. The second kappa shape index (κ2) is 7.94. The summed E-state index contributed by atoms with van der Waals surface area (Å²) in [4.78, 5) is 28.1. The Hall–Kier alpha value is -2.11. The molecule has 0 aliphatic heterocycles. The van der Waals surface area contributed by atoms with Gasteiger partial charge in [0.1, 0.15) is 5.69 Å². The van der Waals surface area contributed by atoms with Gasteiger partial charge in [0.2, 0.25) is 0 Å². The third-order valence-corrected chi connectivity index (χ3v) is 3.52. The number of hydrogen-bond donors (Lipinski definition) is 2. The molecule has 1 aromatic carbocycles. The second-order valence-electron chi connectivity index (χ2n) is 4.76. The average molecular weight is 352 g/mol. The summed E-state index contributed by atoms with van der Waals surface area (Å²) in [6.07, 6.45) is 2.24. The number of pyridine rings is 1. The first-order valence-electron chi connectivity index (χ1n) is 7.02. The lowest BCUT2D eigenvalue weighted by molar-refractivity contribution is 0.0948. The molecule has 0 atom stereocenters. The van der Waals surface area contributed by atoms with Crippen molar-refractivity contribution in [1.29, 1.82) is 0 Å². The molecule has 0 unspecified atom stereocenters. The number of nitrogens with zero attached hydrogens (tertiary/aromatic N) is 1. The fraction of sp³-hybridized carbons (Fsp3) is 0.188. The molecule has 2 amide bonds. The molecule has 0 saturated carbocycles. The van der Waals surface area contributed by atoms with E-state index in [-0.39, 0.29) is 17.5 Å². The van der Waals surface area contributed by atoms with Crippen molar-refractivity contribution in [3.05, 3.63) is 57.8 Å². The van der Waals surface area contributed by atoms with Crippen molar-refractivity contribution in [2.24, 2.45) is 0 Å². The molecule has 0 radical (unpaired) electrons. The molecule has 1 heterocycles. The van der Waals surface area contributed by atoms with E-state index in [0.717, 1.165) is 6.42 Å². The highest BCUT2D eigenvalue weighted by Crippen LogP contribution is 2.25. The van der Waals surface area contributed by atoms with Gasteiger partial charge in [-0.05, 0) is 36.8 Å². The standard InChI is InChI=1S/C16H15Cl2N3O2/c1-2-6-20-16(23)14-8-10(5-7-19-14)15(22)21-13-4-3-11(17)9-12(13)18/h3-5,7-9H,2,6H2,1H3,(H,20,23)(H,21,22). The molecule has 0 spiro atoms. The van der Waals surface area contributed by atoms with E-state index >= 15 is 0 Å². The number of anilines is 1. The van der Waals surface area contributed by atoms with Gasteiger partial charge < -0.3 is 10.6 Å². The lowest BCUT2D eigenvalue weighted by atomic mass is 10.2. The number of nitrogens with one attached hydrogen (secondary N) is 2. The van der Waals surface area contributed by atoms with Gasteiger partial charge >= 0.3 is 0 Å². The van der Waals surface area contributed by atoms with Crippen molar-refractivity contribution in [3.8, 4) is 0 Å². The van der Waals surface area contributed by atoms with E-state index in [1.54, 1.807) is 12.1 Å². The lowest BCUT2D eigenvalue weighted by Gasteiger charge is -2.08. The van der Waals surface area contributed by atoms with E-state index < -0.39 is 0 Å². The summed E-state index contributed by atoms with van der Waals surface area (Å²) in [7, 11) is 0. The van der Waals surface area contributed by atoms with E-state index in [4.69, 9.17) is 23.2 Å². The molecule has 0 aliphatic carbocycles. The smallest absolute Gasteiger partial charge is 0.269 e. The van der Waals surface area contributed by atoms with Crippen LogP contribution >= 0.6 is 23.2 Å². The molecule has 0 aliphatic rings. The van der Waals surface area contributed by atoms with Crippen molar-refractivity contribution >= 4 is 40.7 Å². The van der Waals surface area contributed by atoms with Gasteiger partial charge in [-0.3, -0.25) is 14.6 Å². The normalized spacial score (nSPS) is 10.2. The quantitative estimate of drug-likeness (QED) is 0.860. The van der Waals surface area contributed by atoms with Crippen molar-refractivity contribution in [3.63, 3.8) is 0 Å². The highest BCUT2D eigenvalue weighted by molar-refractivity contribution is 6.36. The number of halogens is 2. The third-order valence-electron chi connectivity index (χ3n) is 2.97. The minimum absolute atomic E-state index is 0.188. The molecule has 0 bridgehead atoms. The summed E-state index contributed by atoms with van der Waals surface area (Å²) >= 11 is 11.8. The van der Waals surface area contributed by atoms with Crippen LogP contribution in [0.25, 0.3) is 0 Å². The molecule has 5 nitrogen and oxygen atoms in total. The van der Waals surface area contributed by atoms with E-state index in [9.17, 15) is 9.59 Å². The fourth-order valence-electron chi connectivity index (χ4n) is 1.81. The molecule has 0 fully saturated rings. The Morgan fingerprint density at radius 1 is 1.13 bits per heavy atom. The van der Waals surface area contributed by atoms with Crippen LogP contribution in [0.3, 0.4) is 0 Å². The van der Waals surface area contributed by atoms with Crippen LogP contribution in [0.15, 0.2) is 36.5 Å². The number of amides is 2. The molecule has 2 N–H and O–H groups in total. The highest BCUT2D eigenvalue weighted by atomic mass is 35.5. The van der Waals surface area contributed by atoms with Crippen LogP contribution in [0, 0.1) is 0 Å². The molecule has 23 heavy (non-hydrogen) atoms. The topological polar surface area (TPSA) is 71.1 Å². The maximum absolute atomic E-state index is 12.3. The summed E-state index contributed by atoms with van der Waals surface area (Å²) in [5.74, 6) is -0.702. The highest BCUT2D eigenvalue weighted by Gasteiger charge is 2.13. The van der Waals surface area contributed by atoms with Gasteiger partial charge in [0.05, 0.1) is 10.7 Å². The number of benzene rings is 1. The number of aromatic nitrogens is 1. The molecular formula is C16H15Cl2N3O2. The van der Waals surface area contributed by atoms with Crippen molar-refractivity contribution < 1.29 is 9.59 Å². The summed E-state index contributed by atoms with van der Waals surface area (Å²) in [5, 5.41) is 6.20. The van der Waals surface area contributed by atoms with Crippen LogP contribution in [0.2, 0.25) is 10.0 Å². The van der Waals surface area contributed by atoms with E-state index in [2.05, 4.69) is 15.6 Å². The zero-order valence-electron chi connectivity index (χ0n) is 12.4. The van der Waals surface area contributed by atoms with Crippen molar-refractivity contribution in [1.82, 2.24) is 10.3 Å². The Labute approximate surface area is 144 Å². The van der Waals surface area contributed by atoms with Crippen LogP contribution in [0.1, 0.15) is 34.2 Å². The minimum atomic E-state index is -0.388. The molecule has 1 aromatic heterocycles. The van der Waals surface area contributed by atoms with Gasteiger partial charge in [-0.25, -0.2) is 0 Å². The molecular weight excluding hydrogens is 337 g/mol. The Kier molecular flexibility index (Phi) is 5.96. The van der Waals surface area contributed by atoms with Crippen LogP contribution in [-0.2, 0) is 0 Å². The van der Waals surface area contributed by atoms with Gasteiger partial charge in [-0.15, -0.1) is 0 Å². The Morgan fingerprint density at radius 3 is 2.61 bits per heavy atom. The lowest BCUT2D eigenvalue weighted by Crippen LogP contribution is -2.25. The van der Waals surface area contributed by atoms with Crippen LogP contribution in [0.4, 0.5) is 5.69 Å². The number of carbonyl (C=O) groups is 2. The van der Waals surface area contributed by atoms with Crippen molar-refractivity contribution in [2.45, 2.75) is 13.3 Å². The number of carbonyl (C=O) groups excluding carboxylic acids is 2. The first-order chi connectivity index (χ1) is 11.0. The Bertz CT molecular complexity index is 735. The predicted octanol–water partition coefficient (Wildman–Crippen LogP) is 3.78. The van der Waals surface area contributed by atoms with Crippen LogP contribution in [0.5, 0.6) is 0 Å². The molecule has 120 valence electrons. The van der Waals surface area contributed by atoms with Gasteiger partial charge in [0.25, 0.3) is 11.8 Å². The van der Waals surface area contributed by atoms with E-state index in [1.807, 2.05) is 6.92 Å². The average Bonchev–Trinajstić information content (AvgIpc) is 2.55. The molecule has 2 rings (SSSR count). The largest absolute Gasteiger partial charge is 0.351 e. The van der Waals surface area contributed by atoms with Gasteiger partial charge in [0, 0.05) is 23.3 Å². The summed E-state index contributed by atoms with van der Waals surface area (Å²) in [6, 6.07) is 7.73. The monoisotopic (exact) mass is 351 g/mol. The summed E-state index contributed by atoms with van der Waals surface area (Å²) < 4.78 is 0. The van der Waals surface area contributed by atoms with E-state index in [1.165, 1.54) is 24.4 Å². The van der Waals surface area contributed by atoms with Gasteiger partial charge in [-0.1, -0.05) is 30.1 Å². The minimum Gasteiger partial charge on any atom is -0.351 e. The SMILES string of the molecule is CCCNC(=O)c1cc(C(=O)Nc2ccc(Cl)cc2Cl)ccn1. The number of hydrogen-bond acceptors (Lipinski definition) is 3.